The van der Waals surface area contributed by atoms with Gasteiger partial charge in [-0.2, -0.15) is 0 Å². The second kappa shape index (κ2) is 7.07. The quantitative estimate of drug-likeness (QED) is 0.683. The number of hydrogen-bond donors (Lipinski definition) is 0. The van der Waals surface area contributed by atoms with Gasteiger partial charge in [-0.25, -0.2) is 0 Å². The molecule has 0 N–H and O–H groups in total. The van der Waals surface area contributed by atoms with E-state index in [1.807, 2.05) is 45.0 Å². The highest BCUT2D eigenvalue weighted by molar-refractivity contribution is 5.51. The maximum Gasteiger partial charge on any atom is 0.120 e. The molecule has 0 aliphatic carbocycles. The molecule has 2 nitrogen and oxygen atoms in total. The van der Waals surface area contributed by atoms with Crippen molar-refractivity contribution in [3.05, 3.63) is 35.9 Å². The lowest BCUT2D eigenvalue weighted by Gasteiger charge is -2.09. The first-order chi connectivity index (χ1) is 7.72. The SMILES string of the molecule is CC=Cc1cccc(OCCOC(C)C)c1. The highest BCUT2D eigenvalue weighted by atomic mass is 16.5. The van der Waals surface area contributed by atoms with E-state index in [0.29, 0.717) is 13.2 Å². The lowest BCUT2D eigenvalue weighted by Crippen LogP contribution is -2.11. The minimum absolute atomic E-state index is 0.262. The average molecular weight is 220 g/mol. The molecule has 1 aromatic rings. The van der Waals surface area contributed by atoms with Crippen LogP contribution in [0.1, 0.15) is 26.3 Å². The zero-order valence-electron chi connectivity index (χ0n) is 10.3. The lowest BCUT2D eigenvalue weighted by molar-refractivity contribution is 0.0552. The van der Waals surface area contributed by atoms with E-state index in [-0.39, 0.29) is 6.10 Å². The van der Waals surface area contributed by atoms with Gasteiger partial charge in [0.1, 0.15) is 12.4 Å². The summed E-state index contributed by atoms with van der Waals surface area (Å²) in [5, 5.41) is 0. The number of hydrogen-bond acceptors (Lipinski definition) is 2. The fourth-order valence-electron chi connectivity index (χ4n) is 1.34. The normalized spacial score (nSPS) is 11.2. The third kappa shape index (κ3) is 4.99. The molecular formula is C14H20O2. The summed E-state index contributed by atoms with van der Waals surface area (Å²) in [6, 6.07) is 8.03. The highest BCUT2D eigenvalue weighted by Gasteiger charge is 1.96. The molecule has 0 saturated carbocycles. The fraction of sp³-hybridized carbons (Fsp3) is 0.429. The smallest absolute Gasteiger partial charge is 0.120 e. The minimum atomic E-state index is 0.262. The number of rotatable bonds is 6. The standard InChI is InChI=1S/C14H20O2/c1-4-6-13-7-5-8-14(11-13)16-10-9-15-12(2)3/h4-8,11-12H,9-10H2,1-3H3. The average Bonchev–Trinajstić information content (AvgIpc) is 2.25. The van der Waals surface area contributed by atoms with Crippen LogP contribution in [-0.4, -0.2) is 19.3 Å². The Morgan fingerprint density at radius 2 is 2.06 bits per heavy atom. The van der Waals surface area contributed by atoms with Gasteiger partial charge in [0.25, 0.3) is 0 Å². The second-order valence-corrected chi connectivity index (χ2v) is 3.84. The Morgan fingerprint density at radius 1 is 1.25 bits per heavy atom. The molecule has 0 heterocycles. The molecule has 0 aliphatic rings. The van der Waals surface area contributed by atoms with Crippen molar-refractivity contribution in [1.29, 1.82) is 0 Å². The van der Waals surface area contributed by atoms with E-state index < -0.39 is 0 Å². The van der Waals surface area contributed by atoms with Gasteiger partial charge in [-0.05, 0) is 38.5 Å². The summed E-state index contributed by atoms with van der Waals surface area (Å²) in [6.45, 7) is 7.27. The first kappa shape index (κ1) is 12.8. The van der Waals surface area contributed by atoms with E-state index >= 15 is 0 Å². The van der Waals surface area contributed by atoms with Crippen LogP contribution in [0.15, 0.2) is 30.3 Å². The van der Waals surface area contributed by atoms with Gasteiger partial charge in [-0.3, -0.25) is 0 Å². The molecule has 1 aromatic carbocycles. The molecule has 0 unspecified atom stereocenters. The largest absolute Gasteiger partial charge is 0.491 e. The van der Waals surface area contributed by atoms with Crippen LogP contribution in [0.25, 0.3) is 6.08 Å². The van der Waals surface area contributed by atoms with Crippen molar-refractivity contribution in [2.24, 2.45) is 0 Å². The van der Waals surface area contributed by atoms with Gasteiger partial charge in [-0.15, -0.1) is 0 Å². The first-order valence-electron chi connectivity index (χ1n) is 5.69. The van der Waals surface area contributed by atoms with Crippen LogP contribution in [0.4, 0.5) is 0 Å². The van der Waals surface area contributed by atoms with Crippen molar-refractivity contribution in [2.45, 2.75) is 26.9 Å². The number of benzene rings is 1. The van der Waals surface area contributed by atoms with Crippen molar-refractivity contribution >= 4 is 6.08 Å². The Bertz CT molecular complexity index is 329. The van der Waals surface area contributed by atoms with Gasteiger partial charge in [0.2, 0.25) is 0 Å². The molecule has 88 valence electrons. The first-order valence-corrected chi connectivity index (χ1v) is 5.69. The molecule has 0 spiro atoms. The summed E-state index contributed by atoms with van der Waals surface area (Å²) in [6.07, 6.45) is 4.33. The minimum Gasteiger partial charge on any atom is -0.491 e. The molecule has 0 aliphatic heterocycles. The van der Waals surface area contributed by atoms with Gasteiger partial charge in [0.15, 0.2) is 0 Å². The molecule has 1 rings (SSSR count). The second-order valence-electron chi connectivity index (χ2n) is 3.84. The molecule has 0 fully saturated rings. The number of allylic oxidation sites excluding steroid dienone is 1. The van der Waals surface area contributed by atoms with Gasteiger partial charge >= 0.3 is 0 Å². The molecule has 0 saturated heterocycles. The van der Waals surface area contributed by atoms with Crippen LogP contribution < -0.4 is 4.74 Å². The molecule has 16 heavy (non-hydrogen) atoms. The Labute approximate surface area is 97.9 Å². The van der Waals surface area contributed by atoms with Gasteiger partial charge in [-0.1, -0.05) is 24.3 Å². The summed E-state index contributed by atoms with van der Waals surface area (Å²) in [4.78, 5) is 0. The molecule has 0 radical (unpaired) electrons. The monoisotopic (exact) mass is 220 g/mol. The molecule has 0 bridgehead atoms. The fourth-order valence-corrected chi connectivity index (χ4v) is 1.34. The Balaban J connectivity index is 2.39. The zero-order chi connectivity index (χ0) is 11.8. The third-order valence-electron chi connectivity index (χ3n) is 2.02. The summed E-state index contributed by atoms with van der Waals surface area (Å²) in [5.41, 5.74) is 1.16. The van der Waals surface area contributed by atoms with E-state index in [9.17, 15) is 0 Å². The highest BCUT2D eigenvalue weighted by Crippen LogP contribution is 2.14. The summed E-state index contributed by atoms with van der Waals surface area (Å²) < 4.78 is 11.0. The molecule has 2 heteroatoms. The van der Waals surface area contributed by atoms with Crippen molar-refractivity contribution in [3.63, 3.8) is 0 Å². The Hall–Kier alpha value is -1.28. The van der Waals surface area contributed by atoms with Crippen LogP contribution in [0.5, 0.6) is 5.75 Å². The third-order valence-corrected chi connectivity index (χ3v) is 2.02. The van der Waals surface area contributed by atoms with Crippen LogP contribution in [-0.2, 0) is 4.74 Å². The maximum absolute atomic E-state index is 5.58. The van der Waals surface area contributed by atoms with E-state index in [1.54, 1.807) is 0 Å². The molecule has 0 amide bonds. The van der Waals surface area contributed by atoms with Crippen LogP contribution in [0, 0.1) is 0 Å². The molecule has 0 atom stereocenters. The maximum atomic E-state index is 5.58. The van der Waals surface area contributed by atoms with Gasteiger partial charge < -0.3 is 9.47 Å². The Morgan fingerprint density at radius 3 is 2.75 bits per heavy atom. The summed E-state index contributed by atoms with van der Waals surface area (Å²) in [7, 11) is 0. The van der Waals surface area contributed by atoms with Crippen LogP contribution >= 0.6 is 0 Å². The predicted octanol–water partition coefficient (Wildman–Crippen LogP) is 3.52. The van der Waals surface area contributed by atoms with Gasteiger partial charge in [0.05, 0.1) is 12.7 Å². The van der Waals surface area contributed by atoms with Crippen molar-refractivity contribution in [1.82, 2.24) is 0 Å². The van der Waals surface area contributed by atoms with Crippen molar-refractivity contribution < 1.29 is 9.47 Å². The lowest BCUT2D eigenvalue weighted by atomic mass is 10.2. The number of ether oxygens (including phenoxy) is 2. The van der Waals surface area contributed by atoms with E-state index in [1.165, 1.54) is 0 Å². The Kier molecular flexibility index (Phi) is 5.65. The van der Waals surface area contributed by atoms with Crippen LogP contribution in [0.2, 0.25) is 0 Å². The van der Waals surface area contributed by atoms with Crippen molar-refractivity contribution in [2.75, 3.05) is 13.2 Å². The predicted molar refractivity (Wildman–Crippen MR) is 67.7 cm³/mol. The summed E-state index contributed by atoms with van der Waals surface area (Å²) in [5.74, 6) is 0.892. The van der Waals surface area contributed by atoms with Crippen molar-refractivity contribution in [3.8, 4) is 5.75 Å². The summed E-state index contributed by atoms with van der Waals surface area (Å²) >= 11 is 0. The van der Waals surface area contributed by atoms with E-state index in [0.717, 1.165) is 11.3 Å². The van der Waals surface area contributed by atoms with Gasteiger partial charge in [0, 0.05) is 0 Å². The van der Waals surface area contributed by atoms with E-state index in [2.05, 4.69) is 12.1 Å². The molecular weight excluding hydrogens is 200 g/mol. The van der Waals surface area contributed by atoms with Crippen LogP contribution in [0.3, 0.4) is 0 Å². The zero-order valence-corrected chi connectivity index (χ0v) is 10.3. The molecule has 0 aromatic heterocycles. The van der Waals surface area contributed by atoms with E-state index in [4.69, 9.17) is 9.47 Å². The topological polar surface area (TPSA) is 18.5 Å².